The molecule has 1 saturated heterocycles. The Kier molecular flexibility index (Phi) is 5.55. The van der Waals surface area contributed by atoms with Crippen molar-refractivity contribution in [3.8, 4) is 6.07 Å². The molecule has 0 aliphatic carbocycles. The van der Waals surface area contributed by atoms with E-state index in [0.717, 1.165) is 56.1 Å². The minimum Gasteiger partial charge on any atom is -0.467 e. The number of hydrogen-bond acceptors (Lipinski definition) is 4. The highest BCUT2D eigenvalue weighted by molar-refractivity contribution is 5.76. The smallest absolute Gasteiger partial charge is 0.123 e. The fourth-order valence-corrected chi connectivity index (χ4v) is 4.07. The standard InChI is InChI=1S/C22H26N4O/c23-11-3-4-12-25-13-9-18(10-14-25)16-22-24-20-7-1-2-8-21(20)26(22)17-19-6-5-15-27-19/h1-2,5-8,15,18H,3-4,9-10,12-14,16-17H2. The number of para-hydroxylation sites is 2. The molecule has 0 bridgehead atoms. The zero-order valence-corrected chi connectivity index (χ0v) is 15.7. The molecule has 140 valence electrons. The van der Waals surface area contributed by atoms with E-state index in [-0.39, 0.29) is 0 Å². The van der Waals surface area contributed by atoms with Crippen LogP contribution in [-0.4, -0.2) is 34.1 Å². The number of fused-ring (bicyclic) bond motifs is 1. The van der Waals surface area contributed by atoms with Crippen molar-refractivity contribution >= 4 is 11.0 Å². The Hall–Kier alpha value is -2.58. The zero-order chi connectivity index (χ0) is 18.5. The van der Waals surface area contributed by atoms with Gasteiger partial charge in [-0.3, -0.25) is 0 Å². The number of benzene rings is 1. The van der Waals surface area contributed by atoms with Crippen LogP contribution in [0.3, 0.4) is 0 Å². The minimum absolute atomic E-state index is 0.663. The molecule has 0 unspecified atom stereocenters. The van der Waals surface area contributed by atoms with Crippen molar-refractivity contribution in [2.24, 2.45) is 5.92 Å². The molecule has 3 heterocycles. The first kappa shape index (κ1) is 17.8. The number of unbranched alkanes of at least 4 members (excludes halogenated alkanes) is 1. The predicted octanol–water partition coefficient (Wildman–Crippen LogP) is 4.24. The maximum Gasteiger partial charge on any atom is 0.123 e. The van der Waals surface area contributed by atoms with Gasteiger partial charge in [0.05, 0.1) is 29.9 Å². The van der Waals surface area contributed by atoms with E-state index in [1.807, 2.05) is 12.1 Å². The third-order valence-electron chi connectivity index (χ3n) is 5.57. The van der Waals surface area contributed by atoms with Crippen molar-refractivity contribution in [1.29, 1.82) is 5.26 Å². The van der Waals surface area contributed by atoms with E-state index in [2.05, 4.69) is 39.8 Å². The Morgan fingerprint density at radius 3 is 2.78 bits per heavy atom. The second-order valence-electron chi connectivity index (χ2n) is 7.43. The molecule has 0 atom stereocenters. The highest BCUT2D eigenvalue weighted by atomic mass is 16.3. The molecule has 0 amide bonds. The van der Waals surface area contributed by atoms with Crippen molar-refractivity contribution in [2.45, 2.75) is 38.6 Å². The molecular weight excluding hydrogens is 336 g/mol. The van der Waals surface area contributed by atoms with Crippen LogP contribution in [-0.2, 0) is 13.0 Å². The Labute approximate surface area is 160 Å². The van der Waals surface area contributed by atoms with E-state index in [1.54, 1.807) is 6.26 Å². The number of rotatable bonds is 7. The summed E-state index contributed by atoms with van der Waals surface area (Å²) in [5.74, 6) is 2.80. The summed E-state index contributed by atoms with van der Waals surface area (Å²) in [6.45, 7) is 4.05. The molecule has 1 aromatic carbocycles. The van der Waals surface area contributed by atoms with Gasteiger partial charge in [0.15, 0.2) is 0 Å². The number of likely N-dealkylation sites (tertiary alicyclic amines) is 1. The third-order valence-corrected chi connectivity index (χ3v) is 5.57. The van der Waals surface area contributed by atoms with Gasteiger partial charge in [-0.1, -0.05) is 12.1 Å². The molecule has 1 aliphatic rings. The average Bonchev–Trinajstić information content (AvgIpc) is 3.32. The largest absolute Gasteiger partial charge is 0.467 e. The van der Waals surface area contributed by atoms with Crippen LogP contribution >= 0.6 is 0 Å². The lowest BCUT2D eigenvalue weighted by atomic mass is 9.93. The molecule has 0 spiro atoms. The second-order valence-corrected chi connectivity index (χ2v) is 7.43. The number of piperidine rings is 1. The fourth-order valence-electron chi connectivity index (χ4n) is 4.07. The molecule has 0 N–H and O–H groups in total. The first-order valence-corrected chi connectivity index (χ1v) is 9.89. The third kappa shape index (κ3) is 4.23. The normalized spacial score (nSPS) is 16.0. The highest BCUT2D eigenvalue weighted by Crippen LogP contribution is 2.25. The summed E-state index contributed by atoms with van der Waals surface area (Å²) in [5, 5.41) is 8.70. The SMILES string of the molecule is N#CCCCN1CCC(Cc2nc3ccccc3n2Cc2ccco2)CC1. The molecule has 27 heavy (non-hydrogen) atoms. The van der Waals surface area contributed by atoms with Crippen LogP contribution in [0.1, 0.15) is 37.3 Å². The molecule has 1 fully saturated rings. The number of furan rings is 1. The van der Waals surface area contributed by atoms with Crippen LogP contribution in [0.4, 0.5) is 0 Å². The summed E-state index contributed by atoms with van der Waals surface area (Å²) in [5.41, 5.74) is 2.24. The summed E-state index contributed by atoms with van der Waals surface area (Å²) in [6, 6.07) is 14.6. The maximum atomic E-state index is 8.70. The van der Waals surface area contributed by atoms with E-state index < -0.39 is 0 Å². The molecule has 1 aliphatic heterocycles. The van der Waals surface area contributed by atoms with Gasteiger partial charge in [0.25, 0.3) is 0 Å². The monoisotopic (exact) mass is 362 g/mol. The van der Waals surface area contributed by atoms with Crippen molar-refractivity contribution in [3.05, 3.63) is 54.2 Å². The van der Waals surface area contributed by atoms with Gasteiger partial charge in [-0.2, -0.15) is 5.26 Å². The summed E-state index contributed by atoms with van der Waals surface area (Å²) in [4.78, 5) is 7.44. The quantitative estimate of drug-likeness (QED) is 0.590. The van der Waals surface area contributed by atoms with E-state index in [4.69, 9.17) is 14.7 Å². The van der Waals surface area contributed by atoms with Crippen molar-refractivity contribution < 1.29 is 4.42 Å². The van der Waals surface area contributed by atoms with Crippen LogP contribution in [0.5, 0.6) is 0 Å². The number of nitriles is 1. The molecule has 4 rings (SSSR count). The fraction of sp³-hybridized carbons (Fsp3) is 0.455. The lowest BCUT2D eigenvalue weighted by Gasteiger charge is -2.31. The Morgan fingerprint density at radius 1 is 1.15 bits per heavy atom. The number of imidazole rings is 1. The number of hydrogen-bond donors (Lipinski definition) is 0. The van der Waals surface area contributed by atoms with Crippen molar-refractivity contribution in [3.63, 3.8) is 0 Å². The second kappa shape index (κ2) is 8.41. The maximum absolute atomic E-state index is 8.70. The minimum atomic E-state index is 0.663. The summed E-state index contributed by atoms with van der Waals surface area (Å²) in [7, 11) is 0. The van der Waals surface area contributed by atoms with Gasteiger partial charge in [0, 0.05) is 12.8 Å². The average molecular weight is 362 g/mol. The predicted molar refractivity (Wildman–Crippen MR) is 105 cm³/mol. The molecule has 0 radical (unpaired) electrons. The topological polar surface area (TPSA) is 58.0 Å². The van der Waals surface area contributed by atoms with E-state index in [9.17, 15) is 0 Å². The highest BCUT2D eigenvalue weighted by Gasteiger charge is 2.22. The molecule has 3 aromatic rings. The summed E-state index contributed by atoms with van der Waals surface area (Å²) >= 11 is 0. The zero-order valence-electron chi connectivity index (χ0n) is 15.7. The first-order valence-electron chi connectivity index (χ1n) is 9.89. The van der Waals surface area contributed by atoms with Gasteiger partial charge in [0.1, 0.15) is 11.6 Å². The van der Waals surface area contributed by atoms with Crippen LogP contribution in [0.2, 0.25) is 0 Å². The number of nitrogens with zero attached hydrogens (tertiary/aromatic N) is 4. The van der Waals surface area contributed by atoms with Crippen molar-refractivity contribution in [2.75, 3.05) is 19.6 Å². The molecule has 5 heteroatoms. The van der Waals surface area contributed by atoms with E-state index in [1.165, 1.54) is 18.4 Å². The molecule has 5 nitrogen and oxygen atoms in total. The number of aromatic nitrogens is 2. The molecular formula is C22H26N4O. The van der Waals surface area contributed by atoms with Crippen molar-refractivity contribution in [1.82, 2.24) is 14.5 Å². The van der Waals surface area contributed by atoms with Crippen LogP contribution < -0.4 is 0 Å². The Balaban J connectivity index is 1.45. The molecule has 2 aromatic heterocycles. The Bertz CT molecular complexity index is 898. The van der Waals surface area contributed by atoms with Gasteiger partial charge in [-0.05, 0) is 69.1 Å². The van der Waals surface area contributed by atoms with Gasteiger partial charge in [0.2, 0.25) is 0 Å². The van der Waals surface area contributed by atoms with Gasteiger partial charge in [-0.15, -0.1) is 0 Å². The summed E-state index contributed by atoms with van der Waals surface area (Å²) in [6.07, 6.45) is 6.81. The van der Waals surface area contributed by atoms with Gasteiger partial charge in [-0.25, -0.2) is 4.98 Å². The van der Waals surface area contributed by atoms with Crippen LogP contribution in [0.25, 0.3) is 11.0 Å². The van der Waals surface area contributed by atoms with Gasteiger partial charge < -0.3 is 13.9 Å². The van der Waals surface area contributed by atoms with Crippen LogP contribution in [0, 0.1) is 17.2 Å². The van der Waals surface area contributed by atoms with Gasteiger partial charge >= 0.3 is 0 Å². The van der Waals surface area contributed by atoms with Crippen LogP contribution in [0.15, 0.2) is 47.1 Å². The first-order chi connectivity index (χ1) is 13.3. The summed E-state index contributed by atoms with van der Waals surface area (Å²) < 4.78 is 7.90. The Morgan fingerprint density at radius 2 is 2.00 bits per heavy atom. The lowest BCUT2D eigenvalue weighted by Crippen LogP contribution is -2.35. The lowest BCUT2D eigenvalue weighted by molar-refractivity contribution is 0.181. The van der Waals surface area contributed by atoms with E-state index in [0.29, 0.717) is 12.3 Å². The van der Waals surface area contributed by atoms with E-state index >= 15 is 0 Å². The molecule has 0 saturated carbocycles.